The number of hydrogen-bond acceptors (Lipinski definition) is 5. The number of rotatable bonds is 9. The van der Waals surface area contributed by atoms with Gasteiger partial charge in [-0.05, 0) is 24.8 Å². The molecule has 0 radical (unpaired) electrons. The molecule has 0 spiro atoms. The molecule has 1 aromatic rings. The Labute approximate surface area is 121 Å². The summed E-state index contributed by atoms with van der Waals surface area (Å²) in [6.45, 7) is 8.24. The smallest absolute Gasteiger partial charge is 0.167 e. The Bertz CT molecular complexity index is 454. The molecular formula is C15H24N4O. The third-order valence-electron chi connectivity index (χ3n) is 3.14. The zero-order chi connectivity index (χ0) is 14.8. The van der Waals surface area contributed by atoms with Crippen LogP contribution in [0.15, 0.2) is 0 Å². The van der Waals surface area contributed by atoms with Crippen molar-refractivity contribution in [3.8, 4) is 6.07 Å². The first-order valence-corrected chi connectivity index (χ1v) is 7.38. The van der Waals surface area contributed by atoms with E-state index in [1.807, 2.05) is 13.8 Å². The fraction of sp³-hybridized carbons (Fsp3) is 0.667. The Morgan fingerprint density at radius 1 is 1.15 bits per heavy atom. The molecule has 0 aliphatic rings. The lowest BCUT2D eigenvalue weighted by Crippen LogP contribution is -2.14. The van der Waals surface area contributed by atoms with E-state index in [4.69, 9.17) is 4.74 Å². The maximum absolute atomic E-state index is 9.33. The Morgan fingerprint density at radius 2 is 1.95 bits per heavy atom. The number of nitrogens with one attached hydrogen (secondary N) is 1. The van der Waals surface area contributed by atoms with E-state index in [0.29, 0.717) is 24.5 Å². The molecule has 0 unspecified atom stereocenters. The number of unbranched alkanes of at least 4 members (excludes halogenated alkanes) is 1. The minimum Gasteiger partial charge on any atom is -0.380 e. The van der Waals surface area contributed by atoms with Crippen LogP contribution in [0.5, 0.6) is 0 Å². The molecule has 1 aromatic heterocycles. The van der Waals surface area contributed by atoms with E-state index in [9.17, 15) is 5.26 Å². The lowest BCUT2D eigenvalue weighted by Gasteiger charge is -2.12. The van der Waals surface area contributed by atoms with Gasteiger partial charge >= 0.3 is 0 Å². The number of aromatic nitrogens is 2. The summed E-state index contributed by atoms with van der Waals surface area (Å²) in [7, 11) is 0. The van der Waals surface area contributed by atoms with Crippen LogP contribution in [-0.2, 0) is 17.6 Å². The van der Waals surface area contributed by atoms with Gasteiger partial charge in [0, 0.05) is 13.2 Å². The molecule has 0 saturated carbocycles. The van der Waals surface area contributed by atoms with Crippen LogP contribution in [0.2, 0.25) is 0 Å². The predicted molar refractivity (Wildman–Crippen MR) is 79.7 cm³/mol. The van der Waals surface area contributed by atoms with Crippen molar-refractivity contribution >= 4 is 5.82 Å². The highest BCUT2D eigenvalue weighted by Crippen LogP contribution is 2.19. The summed E-state index contributed by atoms with van der Waals surface area (Å²) in [5.74, 6) is 0.570. The summed E-state index contributed by atoms with van der Waals surface area (Å²) in [4.78, 5) is 0. The normalized spacial score (nSPS) is 10.3. The zero-order valence-corrected chi connectivity index (χ0v) is 12.7. The van der Waals surface area contributed by atoms with E-state index in [0.717, 1.165) is 43.5 Å². The molecule has 0 fully saturated rings. The topological polar surface area (TPSA) is 70.8 Å². The SMILES string of the molecule is CCCCOCCNc1nnc(CC)c(CC)c1C#N. The van der Waals surface area contributed by atoms with Crippen molar-refractivity contribution in [3.63, 3.8) is 0 Å². The molecule has 1 rings (SSSR count). The minimum atomic E-state index is 0.570. The first-order chi connectivity index (χ1) is 9.78. The third kappa shape index (κ3) is 4.46. The van der Waals surface area contributed by atoms with Crippen LogP contribution >= 0.6 is 0 Å². The van der Waals surface area contributed by atoms with Crippen molar-refractivity contribution in [2.24, 2.45) is 0 Å². The van der Waals surface area contributed by atoms with Crippen molar-refractivity contribution in [2.75, 3.05) is 25.1 Å². The molecule has 0 aliphatic carbocycles. The molecule has 1 heterocycles. The highest BCUT2D eigenvalue weighted by atomic mass is 16.5. The number of anilines is 1. The van der Waals surface area contributed by atoms with Gasteiger partial charge in [-0.1, -0.05) is 27.2 Å². The average molecular weight is 276 g/mol. The first-order valence-electron chi connectivity index (χ1n) is 7.38. The Hall–Kier alpha value is -1.67. The van der Waals surface area contributed by atoms with Gasteiger partial charge in [-0.25, -0.2) is 0 Å². The van der Waals surface area contributed by atoms with E-state index in [1.165, 1.54) is 0 Å². The van der Waals surface area contributed by atoms with E-state index in [-0.39, 0.29) is 0 Å². The third-order valence-corrected chi connectivity index (χ3v) is 3.14. The number of hydrogen-bond donors (Lipinski definition) is 1. The van der Waals surface area contributed by atoms with Gasteiger partial charge in [-0.15, -0.1) is 5.10 Å². The highest BCUT2D eigenvalue weighted by molar-refractivity contribution is 5.56. The zero-order valence-electron chi connectivity index (χ0n) is 12.7. The summed E-state index contributed by atoms with van der Waals surface area (Å²) in [6, 6.07) is 2.25. The molecular weight excluding hydrogens is 252 g/mol. The van der Waals surface area contributed by atoms with Gasteiger partial charge in [0.2, 0.25) is 0 Å². The van der Waals surface area contributed by atoms with Crippen molar-refractivity contribution in [2.45, 2.75) is 46.5 Å². The van der Waals surface area contributed by atoms with Crippen LogP contribution in [0.4, 0.5) is 5.82 Å². The maximum Gasteiger partial charge on any atom is 0.167 e. The summed E-state index contributed by atoms with van der Waals surface area (Å²) in [5, 5.41) is 20.8. The van der Waals surface area contributed by atoms with Crippen molar-refractivity contribution in [3.05, 3.63) is 16.8 Å². The Morgan fingerprint density at radius 3 is 2.55 bits per heavy atom. The van der Waals surface area contributed by atoms with E-state index in [2.05, 4.69) is 28.5 Å². The molecule has 0 saturated heterocycles. The summed E-state index contributed by atoms with van der Waals surface area (Å²) in [5.41, 5.74) is 2.53. The first kappa shape index (κ1) is 16.4. The molecule has 20 heavy (non-hydrogen) atoms. The number of aryl methyl sites for hydroxylation is 1. The fourth-order valence-corrected chi connectivity index (χ4v) is 2.01. The van der Waals surface area contributed by atoms with E-state index < -0.39 is 0 Å². The van der Waals surface area contributed by atoms with Crippen molar-refractivity contribution < 1.29 is 4.74 Å². The predicted octanol–water partition coefficient (Wildman–Crippen LogP) is 2.70. The Kier molecular flexibility index (Phi) is 7.59. The van der Waals surface area contributed by atoms with Crippen LogP contribution in [0, 0.1) is 11.3 Å². The van der Waals surface area contributed by atoms with Crippen molar-refractivity contribution in [1.82, 2.24) is 10.2 Å². The van der Waals surface area contributed by atoms with Crippen LogP contribution in [0.1, 0.15) is 50.4 Å². The Balaban J connectivity index is 2.64. The van der Waals surface area contributed by atoms with Gasteiger partial charge in [-0.3, -0.25) is 0 Å². The van der Waals surface area contributed by atoms with Gasteiger partial charge in [0.05, 0.1) is 12.3 Å². The quantitative estimate of drug-likeness (QED) is 0.702. The molecule has 5 nitrogen and oxygen atoms in total. The highest BCUT2D eigenvalue weighted by Gasteiger charge is 2.13. The fourth-order valence-electron chi connectivity index (χ4n) is 2.01. The van der Waals surface area contributed by atoms with Crippen LogP contribution in [0.25, 0.3) is 0 Å². The van der Waals surface area contributed by atoms with Crippen molar-refractivity contribution in [1.29, 1.82) is 5.26 Å². The van der Waals surface area contributed by atoms with E-state index >= 15 is 0 Å². The molecule has 0 aromatic carbocycles. The number of nitrogens with zero attached hydrogens (tertiary/aromatic N) is 3. The molecule has 0 atom stereocenters. The largest absolute Gasteiger partial charge is 0.380 e. The van der Waals surface area contributed by atoms with Gasteiger partial charge in [0.25, 0.3) is 0 Å². The molecule has 1 N–H and O–H groups in total. The minimum absolute atomic E-state index is 0.570. The average Bonchev–Trinajstić information content (AvgIpc) is 2.49. The summed E-state index contributed by atoms with van der Waals surface area (Å²) in [6.07, 6.45) is 3.80. The number of ether oxygens (including phenoxy) is 1. The van der Waals surface area contributed by atoms with Gasteiger partial charge in [-0.2, -0.15) is 10.4 Å². The second-order valence-electron chi connectivity index (χ2n) is 4.56. The number of nitriles is 1. The monoisotopic (exact) mass is 276 g/mol. The van der Waals surface area contributed by atoms with E-state index in [1.54, 1.807) is 0 Å². The van der Waals surface area contributed by atoms with Crippen LogP contribution < -0.4 is 5.32 Å². The second-order valence-corrected chi connectivity index (χ2v) is 4.56. The van der Waals surface area contributed by atoms with Gasteiger partial charge in [0.15, 0.2) is 5.82 Å². The molecule has 0 aliphatic heterocycles. The molecule has 0 bridgehead atoms. The lowest BCUT2D eigenvalue weighted by molar-refractivity contribution is 0.141. The lowest BCUT2D eigenvalue weighted by atomic mass is 10.0. The van der Waals surface area contributed by atoms with Crippen LogP contribution in [-0.4, -0.2) is 30.0 Å². The maximum atomic E-state index is 9.33. The summed E-state index contributed by atoms with van der Waals surface area (Å²) >= 11 is 0. The van der Waals surface area contributed by atoms with Gasteiger partial charge in [0.1, 0.15) is 11.6 Å². The van der Waals surface area contributed by atoms with Crippen LogP contribution in [0.3, 0.4) is 0 Å². The molecule has 5 heteroatoms. The summed E-state index contributed by atoms with van der Waals surface area (Å²) < 4.78 is 5.48. The molecule has 0 amide bonds. The molecule has 110 valence electrons. The van der Waals surface area contributed by atoms with Gasteiger partial charge < -0.3 is 10.1 Å². The second kappa shape index (κ2) is 9.27. The standard InChI is InChI=1S/C15H24N4O/c1-4-7-9-20-10-8-17-15-13(11-16)12(5-2)14(6-3)18-19-15/h4-10H2,1-3H3,(H,17,19).